The Morgan fingerprint density at radius 1 is 1.12 bits per heavy atom. The summed E-state index contributed by atoms with van der Waals surface area (Å²) in [6, 6.07) is 10.0. The standard InChI is InChI=1S/C5H5.ClH.2Ni/c1-2-4-5-3-1;;;/h1-5H;1H;;/q-1;;;+1/p-1. The van der Waals surface area contributed by atoms with Crippen LogP contribution < -0.4 is 0 Å². The normalized spacial score (nSPS) is 5.88. The van der Waals surface area contributed by atoms with Crippen molar-refractivity contribution in [2.45, 2.75) is 0 Å². The Morgan fingerprint density at radius 2 is 1.50 bits per heavy atom. The summed E-state index contributed by atoms with van der Waals surface area (Å²) in [5.41, 5.74) is 0. The second-order valence-corrected chi connectivity index (χ2v) is 0.962. The van der Waals surface area contributed by atoms with Crippen LogP contribution in [-0.4, -0.2) is 0 Å². The fraction of sp³-hybridized carbons (Fsp3) is 0. The molecule has 0 radical (unpaired) electrons. The predicted octanol–water partition coefficient (Wildman–Crippen LogP) is 2.09. The summed E-state index contributed by atoms with van der Waals surface area (Å²) in [6.45, 7) is 0. The third kappa shape index (κ3) is 6.63. The van der Waals surface area contributed by atoms with Crippen molar-refractivity contribution in [1.29, 1.82) is 0 Å². The van der Waals surface area contributed by atoms with Gasteiger partial charge >= 0.3 is 24.8 Å². The van der Waals surface area contributed by atoms with E-state index in [1.54, 1.807) is 0 Å². The molecule has 1 aromatic carbocycles. The van der Waals surface area contributed by atoms with Crippen LogP contribution in [0.15, 0.2) is 30.3 Å². The molecule has 0 atom stereocenters. The van der Waals surface area contributed by atoms with Crippen LogP contribution in [0.3, 0.4) is 0 Å². The van der Waals surface area contributed by atoms with Crippen LogP contribution in [0.25, 0.3) is 0 Å². The van der Waals surface area contributed by atoms with Gasteiger partial charge in [-0.15, -0.1) is 0 Å². The van der Waals surface area contributed by atoms with Gasteiger partial charge in [-0.1, -0.05) is 0 Å². The molecule has 0 nitrogen and oxygen atoms in total. The summed E-state index contributed by atoms with van der Waals surface area (Å²) in [5.74, 6) is 0. The van der Waals surface area contributed by atoms with Crippen molar-refractivity contribution in [2.24, 2.45) is 0 Å². The van der Waals surface area contributed by atoms with Gasteiger partial charge in [0.15, 0.2) is 0 Å². The molecule has 0 heterocycles. The van der Waals surface area contributed by atoms with E-state index in [9.17, 15) is 0 Å². The van der Waals surface area contributed by atoms with E-state index in [1.165, 1.54) is 0 Å². The summed E-state index contributed by atoms with van der Waals surface area (Å²) in [7, 11) is 4.26. The van der Waals surface area contributed by atoms with Crippen molar-refractivity contribution >= 4 is 10.2 Å². The van der Waals surface area contributed by atoms with Gasteiger partial charge in [0.1, 0.15) is 0 Å². The third-order valence-corrected chi connectivity index (χ3v) is 0.556. The van der Waals surface area contributed by atoms with Crippen LogP contribution >= 0.6 is 10.2 Å². The summed E-state index contributed by atoms with van der Waals surface area (Å²) < 4.78 is 0. The minimum Gasteiger partial charge on any atom is -0.214 e. The fourth-order valence-corrected chi connectivity index (χ4v) is 0.321. The molecule has 0 saturated heterocycles. The van der Waals surface area contributed by atoms with Crippen molar-refractivity contribution < 1.29 is 31.1 Å². The molecule has 0 unspecified atom stereocenters. The first-order valence-corrected chi connectivity index (χ1v) is 3.15. The Kier molecular flexibility index (Phi) is 15.1. The molecule has 0 amide bonds. The molecule has 0 N–H and O–H groups in total. The number of hydrogen-bond donors (Lipinski definition) is 0. The van der Waals surface area contributed by atoms with Crippen molar-refractivity contribution in [3.05, 3.63) is 30.3 Å². The van der Waals surface area contributed by atoms with Gasteiger partial charge in [-0.25, -0.2) is 12.1 Å². The zero-order chi connectivity index (χ0) is 5.54. The largest absolute Gasteiger partial charge is 0.214 e. The first-order valence-electron chi connectivity index (χ1n) is 1.79. The summed E-state index contributed by atoms with van der Waals surface area (Å²) >= 11 is 3.35. The molecule has 0 aliphatic heterocycles. The van der Waals surface area contributed by atoms with Crippen molar-refractivity contribution in [3.8, 4) is 0 Å². The predicted molar refractivity (Wildman–Crippen MR) is 27.9 cm³/mol. The van der Waals surface area contributed by atoms with Crippen LogP contribution in [0.5, 0.6) is 0 Å². The van der Waals surface area contributed by atoms with Crippen molar-refractivity contribution in [3.63, 3.8) is 0 Å². The summed E-state index contributed by atoms with van der Waals surface area (Å²) in [5, 5.41) is 0. The van der Waals surface area contributed by atoms with Crippen LogP contribution in [0.4, 0.5) is 0 Å². The molecule has 1 aromatic rings. The first kappa shape index (κ1) is 11.4. The molecule has 0 bridgehead atoms. The summed E-state index contributed by atoms with van der Waals surface area (Å²) in [6.07, 6.45) is 0. The quantitative estimate of drug-likeness (QED) is 0.462. The van der Waals surface area contributed by atoms with Gasteiger partial charge < -0.3 is 0 Å². The zero-order valence-corrected chi connectivity index (χ0v) is 6.63. The second-order valence-electron chi connectivity index (χ2n) is 0.962. The van der Waals surface area contributed by atoms with E-state index in [0.717, 1.165) is 0 Å². The van der Waals surface area contributed by atoms with Gasteiger partial charge in [-0.05, 0) is 0 Å². The van der Waals surface area contributed by atoms with Gasteiger partial charge in [-0.2, -0.15) is 18.2 Å². The average Bonchev–Trinajstić information content (AvgIpc) is 2.23. The number of hydrogen-bond acceptors (Lipinski definition) is 0. The van der Waals surface area contributed by atoms with E-state index >= 15 is 0 Å². The average molecular weight is 218 g/mol. The maximum Gasteiger partial charge on any atom is 0 e. The van der Waals surface area contributed by atoms with Crippen molar-refractivity contribution in [2.75, 3.05) is 0 Å². The molecular formula is C5H5ClNi2-. The topological polar surface area (TPSA) is 0 Å². The van der Waals surface area contributed by atoms with Gasteiger partial charge in [0.2, 0.25) is 0 Å². The Bertz CT molecular complexity index is 66.9. The van der Waals surface area contributed by atoms with Crippen LogP contribution in [0.2, 0.25) is 0 Å². The molecular weight excluding hydrogens is 213 g/mol. The molecule has 0 aliphatic rings. The van der Waals surface area contributed by atoms with E-state index in [4.69, 9.17) is 0 Å². The number of rotatable bonds is 0. The Balaban J connectivity index is 0. The molecule has 0 saturated carbocycles. The fourth-order valence-electron chi connectivity index (χ4n) is 0.321. The summed E-state index contributed by atoms with van der Waals surface area (Å²) in [4.78, 5) is 0. The molecule has 0 fully saturated rings. The molecule has 0 aliphatic carbocycles. The molecule has 0 aromatic heterocycles. The maximum atomic E-state index is 4.26. The van der Waals surface area contributed by atoms with Crippen LogP contribution in [0.1, 0.15) is 0 Å². The minimum absolute atomic E-state index is 0. The van der Waals surface area contributed by atoms with E-state index < -0.39 is 0 Å². The van der Waals surface area contributed by atoms with Crippen LogP contribution in [0, 0.1) is 0 Å². The Labute approximate surface area is 71.5 Å². The smallest absolute Gasteiger partial charge is 0 e. The van der Waals surface area contributed by atoms with E-state index in [2.05, 4.69) is 24.8 Å². The van der Waals surface area contributed by atoms with Gasteiger partial charge in [-0.3, -0.25) is 0 Å². The van der Waals surface area contributed by atoms with Gasteiger partial charge in [0, 0.05) is 16.5 Å². The maximum absolute atomic E-state index is 4.26. The first-order chi connectivity index (χ1) is 3.50. The SMILES string of the molecule is [Cl][Ni].[Ni].c1cc[cH-]c1. The molecule has 0 spiro atoms. The van der Waals surface area contributed by atoms with E-state index in [-0.39, 0.29) is 16.5 Å². The van der Waals surface area contributed by atoms with Crippen molar-refractivity contribution in [1.82, 2.24) is 0 Å². The zero-order valence-electron chi connectivity index (χ0n) is 3.90. The van der Waals surface area contributed by atoms with Gasteiger partial charge in [0.05, 0.1) is 0 Å². The number of halogens is 1. The Morgan fingerprint density at radius 3 is 1.62 bits per heavy atom. The molecule has 1 rings (SSSR count). The Hall–Kier alpha value is 0.627. The van der Waals surface area contributed by atoms with E-state index in [1.807, 2.05) is 30.3 Å². The molecule has 3 heteroatoms. The molecule has 53 valence electrons. The second kappa shape index (κ2) is 10.6. The third-order valence-electron chi connectivity index (χ3n) is 0.556. The monoisotopic (exact) mass is 216 g/mol. The van der Waals surface area contributed by atoms with E-state index in [0.29, 0.717) is 0 Å². The minimum atomic E-state index is 0. The van der Waals surface area contributed by atoms with Crippen LogP contribution in [-0.2, 0) is 31.1 Å². The molecule has 8 heavy (non-hydrogen) atoms. The van der Waals surface area contributed by atoms with Gasteiger partial charge in [0.25, 0.3) is 0 Å².